The molecule has 5 fully saturated rings. The number of ether oxygens (including phenoxy) is 3. The van der Waals surface area contributed by atoms with Crippen LogP contribution in [-0.4, -0.2) is 73.2 Å². The van der Waals surface area contributed by atoms with E-state index < -0.39 is 6.61 Å². The number of piperidine rings is 1. The molecule has 0 aromatic carbocycles. The number of nitrogens with two attached hydrogens (primary N) is 1. The van der Waals surface area contributed by atoms with Gasteiger partial charge in [-0.05, 0) is 31.7 Å². The SMILES string of the molecule is Nc1ncc(-c2cc(N3C[C@@H]4CC[C@H]3CO4)nc(N3CC4(CCOCC4)C3)n2)cc1OC(F)F. The van der Waals surface area contributed by atoms with Crippen LogP contribution >= 0.6 is 0 Å². The van der Waals surface area contributed by atoms with E-state index in [1.54, 1.807) is 0 Å². The average molecular weight is 475 g/mol. The summed E-state index contributed by atoms with van der Waals surface area (Å²) in [4.78, 5) is 18.3. The lowest BCUT2D eigenvalue weighted by Gasteiger charge is -2.52. The fraction of sp³-hybridized carbons (Fsp3) is 0.609. The molecule has 2 atom stereocenters. The molecule has 7 heterocycles. The molecule has 1 spiro atoms. The highest BCUT2D eigenvalue weighted by atomic mass is 19.3. The van der Waals surface area contributed by atoms with Crippen molar-refractivity contribution in [2.75, 3.05) is 55.0 Å². The van der Waals surface area contributed by atoms with Crippen molar-refractivity contribution >= 4 is 17.6 Å². The van der Waals surface area contributed by atoms with Crippen LogP contribution in [0.15, 0.2) is 18.3 Å². The Kier molecular flexibility index (Phi) is 5.40. The Hall–Kier alpha value is -2.79. The predicted octanol–water partition coefficient (Wildman–Crippen LogP) is 2.71. The topological polar surface area (TPSA) is 98.9 Å². The summed E-state index contributed by atoms with van der Waals surface area (Å²) in [6.45, 7) is 1.82. The van der Waals surface area contributed by atoms with Gasteiger partial charge in [-0.3, -0.25) is 0 Å². The van der Waals surface area contributed by atoms with E-state index in [1.807, 2.05) is 6.07 Å². The number of pyridine rings is 1. The Morgan fingerprint density at radius 3 is 2.65 bits per heavy atom. The molecular weight excluding hydrogens is 446 g/mol. The summed E-state index contributed by atoms with van der Waals surface area (Å²) in [7, 11) is 0. The summed E-state index contributed by atoms with van der Waals surface area (Å²) in [5.74, 6) is 1.21. The lowest BCUT2D eigenvalue weighted by atomic mass is 9.73. The van der Waals surface area contributed by atoms with Crippen LogP contribution in [0.5, 0.6) is 5.75 Å². The molecule has 5 aliphatic heterocycles. The van der Waals surface area contributed by atoms with E-state index in [1.165, 1.54) is 12.3 Å². The van der Waals surface area contributed by atoms with Gasteiger partial charge in [0, 0.05) is 56.1 Å². The number of anilines is 3. The van der Waals surface area contributed by atoms with Gasteiger partial charge in [0.15, 0.2) is 11.6 Å². The lowest BCUT2D eigenvalue weighted by Crippen LogP contribution is -2.59. The van der Waals surface area contributed by atoms with E-state index in [2.05, 4.69) is 19.5 Å². The number of halogens is 2. The molecule has 2 aromatic rings. The molecule has 0 saturated carbocycles. The first-order valence-electron chi connectivity index (χ1n) is 11.8. The normalized spacial score (nSPS) is 25.6. The number of alkyl halides is 2. The molecule has 5 aliphatic rings. The van der Waals surface area contributed by atoms with Crippen molar-refractivity contribution in [2.45, 2.75) is 44.4 Å². The van der Waals surface area contributed by atoms with Gasteiger partial charge in [-0.25, -0.2) is 9.97 Å². The number of fused-ring (bicyclic) bond motifs is 3. The first-order chi connectivity index (χ1) is 16.5. The second-order valence-corrected chi connectivity index (χ2v) is 9.70. The van der Waals surface area contributed by atoms with Gasteiger partial charge >= 0.3 is 6.61 Å². The standard InChI is InChI=1S/C23H28F2N6O3/c24-21(25)34-18-7-14(9-27-20(18)26)17-8-19(31-10-16-2-1-15(31)11-33-16)29-22(28-17)30-12-23(13-30)3-5-32-6-4-23/h7-9,15-16,21H,1-6,10-13H2,(H2,26,27)/t15-,16-/m0/s1. The van der Waals surface area contributed by atoms with Gasteiger partial charge in [0.25, 0.3) is 0 Å². The molecule has 182 valence electrons. The Morgan fingerprint density at radius 2 is 1.97 bits per heavy atom. The van der Waals surface area contributed by atoms with Gasteiger partial charge < -0.3 is 29.7 Å². The minimum absolute atomic E-state index is 0.0896. The van der Waals surface area contributed by atoms with Crippen LogP contribution < -0.4 is 20.3 Å². The zero-order valence-corrected chi connectivity index (χ0v) is 18.8. The number of hydrogen-bond acceptors (Lipinski definition) is 9. The summed E-state index contributed by atoms with van der Waals surface area (Å²) in [5.41, 5.74) is 7.16. The fourth-order valence-electron chi connectivity index (χ4n) is 5.50. The Bertz CT molecular complexity index is 1050. The molecule has 7 rings (SSSR count). The maximum Gasteiger partial charge on any atom is 0.387 e. The molecule has 0 unspecified atom stereocenters. The lowest BCUT2D eigenvalue weighted by molar-refractivity contribution is -0.0494. The molecule has 0 amide bonds. The minimum atomic E-state index is -2.99. The molecule has 34 heavy (non-hydrogen) atoms. The number of rotatable bonds is 5. The molecule has 5 saturated heterocycles. The van der Waals surface area contributed by atoms with Gasteiger partial charge in [0.05, 0.1) is 24.4 Å². The summed E-state index contributed by atoms with van der Waals surface area (Å²) in [6.07, 6.45) is 5.93. The molecule has 2 bridgehead atoms. The number of hydrogen-bond donors (Lipinski definition) is 1. The summed E-state index contributed by atoms with van der Waals surface area (Å²) in [6, 6.07) is 3.63. The summed E-state index contributed by atoms with van der Waals surface area (Å²) < 4.78 is 41.7. The third-order valence-electron chi connectivity index (χ3n) is 7.46. The third-order valence-corrected chi connectivity index (χ3v) is 7.46. The molecule has 2 aromatic heterocycles. The second kappa shape index (κ2) is 8.46. The summed E-state index contributed by atoms with van der Waals surface area (Å²) >= 11 is 0. The highest BCUT2D eigenvalue weighted by Crippen LogP contribution is 2.42. The van der Waals surface area contributed by atoms with Crippen molar-refractivity contribution < 1.29 is 23.0 Å². The maximum atomic E-state index is 12.9. The zero-order valence-electron chi connectivity index (χ0n) is 18.8. The van der Waals surface area contributed by atoms with Gasteiger partial charge in [-0.15, -0.1) is 0 Å². The predicted molar refractivity (Wildman–Crippen MR) is 121 cm³/mol. The molecule has 0 radical (unpaired) electrons. The number of nitrogen functional groups attached to an aromatic ring is 1. The number of morpholine rings is 1. The van der Waals surface area contributed by atoms with Crippen molar-refractivity contribution in [3.63, 3.8) is 0 Å². The minimum Gasteiger partial charge on any atom is -0.431 e. The second-order valence-electron chi connectivity index (χ2n) is 9.70. The number of nitrogens with zero attached hydrogens (tertiary/aromatic N) is 5. The van der Waals surface area contributed by atoms with E-state index >= 15 is 0 Å². The van der Waals surface area contributed by atoms with E-state index in [9.17, 15) is 8.78 Å². The van der Waals surface area contributed by atoms with E-state index in [0.29, 0.717) is 23.8 Å². The van der Waals surface area contributed by atoms with Crippen LogP contribution in [0, 0.1) is 5.41 Å². The van der Waals surface area contributed by atoms with Gasteiger partial charge in [0.1, 0.15) is 5.82 Å². The van der Waals surface area contributed by atoms with Crippen LogP contribution in [0.1, 0.15) is 25.7 Å². The number of aromatic nitrogens is 3. The van der Waals surface area contributed by atoms with Crippen LogP contribution in [0.4, 0.5) is 26.4 Å². The molecule has 2 N–H and O–H groups in total. The zero-order chi connectivity index (χ0) is 23.3. The smallest absolute Gasteiger partial charge is 0.387 e. The van der Waals surface area contributed by atoms with Gasteiger partial charge in [0.2, 0.25) is 5.95 Å². The van der Waals surface area contributed by atoms with Crippen molar-refractivity contribution in [1.29, 1.82) is 0 Å². The monoisotopic (exact) mass is 474 g/mol. The van der Waals surface area contributed by atoms with Crippen molar-refractivity contribution in [3.8, 4) is 17.0 Å². The van der Waals surface area contributed by atoms with E-state index in [-0.39, 0.29) is 29.1 Å². The van der Waals surface area contributed by atoms with Crippen LogP contribution in [-0.2, 0) is 9.47 Å². The van der Waals surface area contributed by atoms with Crippen LogP contribution in [0.2, 0.25) is 0 Å². The maximum absolute atomic E-state index is 12.9. The first-order valence-corrected chi connectivity index (χ1v) is 11.8. The summed E-state index contributed by atoms with van der Waals surface area (Å²) in [5, 5.41) is 0. The Balaban J connectivity index is 1.35. The largest absolute Gasteiger partial charge is 0.431 e. The van der Waals surface area contributed by atoms with Crippen molar-refractivity contribution in [1.82, 2.24) is 15.0 Å². The quantitative estimate of drug-likeness (QED) is 0.701. The molecule has 0 aliphatic carbocycles. The molecule has 11 heteroatoms. The van der Waals surface area contributed by atoms with Gasteiger partial charge in [-0.1, -0.05) is 0 Å². The Morgan fingerprint density at radius 1 is 1.15 bits per heavy atom. The highest BCUT2D eigenvalue weighted by Gasteiger charge is 2.45. The molecule has 9 nitrogen and oxygen atoms in total. The van der Waals surface area contributed by atoms with E-state index in [4.69, 9.17) is 25.2 Å². The van der Waals surface area contributed by atoms with Crippen LogP contribution in [0.3, 0.4) is 0 Å². The van der Waals surface area contributed by atoms with Crippen LogP contribution in [0.25, 0.3) is 11.3 Å². The van der Waals surface area contributed by atoms with Crippen molar-refractivity contribution in [3.05, 3.63) is 18.3 Å². The van der Waals surface area contributed by atoms with Gasteiger partial charge in [-0.2, -0.15) is 13.8 Å². The van der Waals surface area contributed by atoms with Crippen molar-refractivity contribution in [2.24, 2.45) is 5.41 Å². The third kappa shape index (κ3) is 4.00. The average Bonchev–Trinajstić information content (AvgIpc) is 2.84. The molecular formula is C23H28F2N6O3. The Labute approximate surface area is 196 Å². The van der Waals surface area contributed by atoms with E-state index in [0.717, 1.165) is 64.3 Å². The highest BCUT2D eigenvalue weighted by molar-refractivity contribution is 5.68. The fourth-order valence-corrected chi connectivity index (χ4v) is 5.50. The first kappa shape index (κ1) is 21.7.